The van der Waals surface area contributed by atoms with Crippen molar-refractivity contribution in [2.45, 2.75) is 44.3 Å². The number of nitrogens with zero attached hydrogens (tertiary/aromatic N) is 4. The highest BCUT2D eigenvalue weighted by Gasteiger charge is 2.39. The van der Waals surface area contributed by atoms with Gasteiger partial charge in [-0.1, -0.05) is 12.1 Å². The van der Waals surface area contributed by atoms with E-state index in [2.05, 4.69) is 4.98 Å². The van der Waals surface area contributed by atoms with E-state index in [9.17, 15) is 26.4 Å². The molecule has 1 aromatic heterocycles. The number of para-hydroxylation sites is 1. The highest BCUT2D eigenvalue weighted by atomic mass is 32.2. The molecule has 4 rings (SSSR count). The molecule has 1 aromatic carbocycles. The van der Waals surface area contributed by atoms with Crippen LogP contribution in [-0.4, -0.2) is 70.0 Å². The van der Waals surface area contributed by atoms with E-state index in [1.807, 2.05) is 13.8 Å². The summed E-state index contributed by atoms with van der Waals surface area (Å²) < 4.78 is 61.6. The van der Waals surface area contributed by atoms with Crippen LogP contribution < -0.4 is 0 Å². The maximum absolute atomic E-state index is 13.3. The van der Waals surface area contributed by atoms with Gasteiger partial charge in [-0.15, -0.1) is 0 Å². The topological polar surface area (TPSA) is 113 Å². The van der Waals surface area contributed by atoms with Crippen LogP contribution in [0.15, 0.2) is 35.5 Å². The summed E-state index contributed by atoms with van der Waals surface area (Å²) >= 11 is 0. The van der Waals surface area contributed by atoms with Crippen molar-refractivity contribution in [1.29, 1.82) is 0 Å². The normalized spacial score (nSPS) is 17.0. The number of sulfonamides is 1. The Morgan fingerprint density at radius 2 is 1.76 bits per heavy atom. The van der Waals surface area contributed by atoms with Gasteiger partial charge in [-0.3, -0.25) is 9.36 Å². The van der Waals surface area contributed by atoms with E-state index in [1.54, 1.807) is 40.1 Å². The van der Waals surface area contributed by atoms with Gasteiger partial charge in [-0.25, -0.2) is 18.2 Å². The number of carboxylic acid groups (broad SMARTS) is 1. The van der Waals surface area contributed by atoms with E-state index in [0.717, 1.165) is 12.8 Å². The minimum absolute atomic E-state index is 0.156. The number of fused-ring (bicyclic) bond motifs is 3. The quantitative estimate of drug-likeness (QED) is 0.673. The number of carboxylic acids is 1. The molecule has 0 bridgehead atoms. The van der Waals surface area contributed by atoms with E-state index >= 15 is 0 Å². The zero-order valence-corrected chi connectivity index (χ0v) is 19.4. The van der Waals surface area contributed by atoms with Gasteiger partial charge >= 0.3 is 12.1 Å². The van der Waals surface area contributed by atoms with Crippen LogP contribution in [0.5, 0.6) is 0 Å². The maximum Gasteiger partial charge on any atom is 0.490 e. The number of benzene rings is 1. The third-order valence-electron chi connectivity index (χ3n) is 5.59. The number of amides is 1. The first-order valence-corrected chi connectivity index (χ1v) is 12.1. The summed E-state index contributed by atoms with van der Waals surface area (Å²) in [5.41, 5.74) is 1.53. The first-order valence-electron chi connectivity index (χ1n) is 10.7. The Hall–Kier alpha value is -2.93. The minimum Gasteiger partial charge on any atom is -0.475 e. The van der Waals surface area contributed by atoms with Gasteiger partial charge in [-0.2, -0.15) is 17.5 Å². The molecule has 13 heteroatoms. The predicted octanol–water partition coefficient (Wildman–Crippen LogP) is 2.90. The largest absolute Gasteiger partial charge is 0.490 e. The molecule has 0 saturated heterocycles. The van der Waals surface area contributed by atoms with E-state index in [1.165, 1.54) is 4.31 Å². The molecule has 1 N–H and O–H groups in total. The third-order valence-corrected chi connectivity index (χ3v) is 7.45. The van der Waals surface area contributed by atoms with Gasteiger partial charge in [0.1, 0.15) is 11.2 Å². The van der Waals surface area contributed by atoms with Crippen molar-refractivity contribution in [2.75, 3.05) is 19.6 Å². The van der Waals surface area contributed by atoms with Gasteiger partial charge in [-0.05, 0) is 44.7 Å². The van der Waals surface area contributed by atoms with Crippen LogP contribution in [0.2, 0.25) is 0 Å². The van der Waals surface area contributed by atoms with E-state index < -0.39 is 22.2 Å². The maximum atomic E-state index is 13.3. The Balaban J connectivity index is 0.000000406. The zero-order chi connectivity index (χ0) is 25.3. The second-order valence-corrected chi connectivity index (χ2v) is 9.81. The summed E-state index contributed by atoms with van der Waals surface area (Å²) in [5.74, 6) is -2.51. The number of carbonyl (C=O) groups excluding carboxylic acids is 1. The van der Waals surface area contributed by atoms with E-state index in [0.29, 0.717) is 42.6 Å². The fourth-order valence-electron chi connectivity index (χ4n) is 3.59. The average molecular weight is 503 g/mol. The number of hydrogen-bond donors (Lipinski definition) is 1. The van der Waals surface area contributed by atoms with Crippen LogP contribution >= 0.6 is 0 Å². The fraction of sp³-hybridized carbons (Fsp3) is 0.476. The van der Waals surface area contributed by atoms with Gasteiger partial charge in [0.05, 0.1) is 17.9 Å². The van der Waals surface area contributed by atoms with Crippen LogP contribution in [0.25, 0.3) is 5.69 Å². The number of hydrogen-bond acceptors (Lipinski definition) is 5. The lowest BCUT2D eigenvalue weighted by Gasteiger charge is -2.21. The number of aliphatic carboxylic acids is 1. The standard InChI is InChI=1S/C19H24N4O3S.C2HF3O2/c1-3-21(4-2)19(24)18-16-12-22(11-14-9-10-14)27(25,26)17-8-6-5-7-15(17)23(16)13-20-18;3-2(4,5)1(6)7/h5-8,13-14H,3-4,9-12H2,1-2H3;(H,6,7). The Morgan fingerprint density at radius 3 is 2.29 bits per heavy atom. The van der Waals surface area contributed by atoms with Gasteiger partial charge in [0.15, 0.2) is 5.69 Å². The van der Waals surface area contributed by atoms with Crippen molar-refractivity contribution in [3.8, 4) is 5.69 Å². The van der Waals surface area contributed by atoms with Gasteiger partial charge in [0.2, 0.25) is 10.0 Å². The number of carbonyl (C=O) groups is 2. The average Bonchev–Trinajstić information content (AvgIpc) is 3.51. The molecule has 1 amide bonds. The summed E-state index contributed by atoms with van der Waals surface area (Å²) in [6.45, 7) is 5.67. The molecule has 1 aliphatic carbocycles. The van der Waals surface area contributed by atoms with Crippen molar-refractivity contribution >= 4 is 21.9 Å². The smallest absolute Gasteiger partial charge is 0.475 e. The number of alkyl halides is 3. The molecule has 0 radical (unpaired) electrons. The van der Waals surface area contributed by atoms with Crippen LogP contribution in [-0.2, 0) is 21.4 Å². The lowest BCUT2D eigenvalue weighted by molar-refractivity contribution is -0.192. The van der Waals surface area contributed by atoms with Gasteiger partial charge < -0.3 is 10.0 Å². The first-order chi connectivity index (χ1) is 15.9. The van der Waals surface area contributed by atoms with Crippen molar-refractivity contribution in [1.82, 2.24) is 18.8 Å². The molecular weight excluding hydrogens is 477 g/mol. The van der Waals surface area contributed by atoms with Crippen LogP contribution in [0.1, 0.15) is 42.9 Å². The monoisotopic (exact) mass is 502 g/mol. The number of imidazole rings is 1. The molecule has 0 atom stereocenters. The van der Waals surface area contributed by atoms with Crippen LogP contribution in [0.3, 0.4) is 0 Å². The highest BCUT2D eigenvalue weighted by Crippen LogP contribution is 2.36. The van der Waals surface area contributed by atoms with Gasteiger partial charge in [0.25, 0.3) is 5.91 Å². The second kappa shape index (κ2) is 9.74. The predicted molar refractivity (Wildman–Crippen MR) is 115 cm³/mol. The highest BCUT2D eigenvalue weighted by molar-refractivity contribution is 7.89. The number of halogens is 3. The zero-order valence-electron chi connectivity index (χ0n) is 18.6. The van der Waals surface area contributed by atoms with Crippen LogP contribution in [0, 0.1) is 5.92 Å². The molecule has 0 unspecified atom stereocenters. The molecular formula is C21H25F3N4O5S. The van der Waals surface area contributed by atoms with Crippen molar-refractivity contribution in [3.63, 3.8) is 0 Å². The summed E-state index contributed by atoms with van der Waals surface area (Å²) in [6.07, 6.45) is -1.41. The summed E-state index contributed by atoms with van der Waals surface area (Å²) in [5, 5.41) is 7.12. The SMILES string of the molecule is CCN(CC)C(=O)c1ncn2c1CN(CC1CC1)S(=O)(=O)c1ccccc1-2.O=C(O)C(F)(F)F. The molecule has 1 saturated carbocycles. The van der Waals surface area contributed by atoms with Crippen LogP contribution in [0.4, 0.5) is 13.2 Å². The Morgan fingerprint density at radius 1 is 1.18 bits per heavy atom. The molecule has 34 heavy (non-hydrogen) atoms. The Kier molecular flexibility index (Phi) is 7.36. The lowest BCUT2D eigenvalue weighted by atomic mass is 10.2. The molecule has 186 valence electrons. The van der Waals surface area contributed by atoms with Gasteiger partial charge in [0, 0.05) is 19.6 Å². The first kappa shape index (κ1) is 25.7. The fourth-order valence-corrected chi connectivity index (χ4v) is 5.25. The van der Waals surface area contributed by atoms with Crippen molar-refractivity contribution in [2.24, 2.45) is 5.92 Å². The number of rotatable bonds is 5. The Bertz CT molecular complexity index is 1170. The molecule has 1 aliphatic heterocycles. The second-order valence-electron chi connectivity index (χ2n) is 7.90. The van der Waals surface area contributed by atoms with Crippen molar-refractivity contribution < 1.29 is 36.3 Å². The van der Waals surface area contributed by atoms with E-state index in [-0.39, 0.29) is 17.3 Å². The molecule has 2 aromatic rings. The molecule has 2 heterocycles. The minimum atomic E-state index is -5.08. The number of aromatic nitrogens is 2. The summed E-state index contributed by atoms with van der Waals surface area (Å²) in [6, 6.07) is 6.94. The third kappa shape index (κ3) is 5.25. The molecule has 2 aliphatic rings. The van der Waals surface area contributed by atoms with Crippen molar-refractivity contribution in [3.05, 3.63) is 42.0 Å². The molecule has 9 nitrogen and oxygen atoms in total. The Labute approximate surface area is 194 Å². The summed E-state index contributed by atoms with van der Waals surface area (Å²) in [4.78, 5) is 28.2. The molecule has 0 spiro atoms. The lowest BCUT2D eigenvalue weighted by Crippen LogP contribution is -2.34. The molecule has 1 fully saturated rings. The summed E-state index contributed by atoms with van der Waals surface area (Å²) in [7, 11) is -3.63. The van der Waals surface area contributed by atoms with E-state index in [4.69, 9.17) is 9.90 Å².